The molecule has 0 saturated heterocycles. The maximum Gasteiger partial charge on any atom is 0.259 e. The van der Waals surface area contributed by atoms with E-state index in [1.54, 1.807) is 42.4 Å². The van der Waals surface area contributed by atoms with Gasteiger partial charge in [0.15, 0.2) is 0 Å². The minimum absolute atomic E-state index is 0.129. The molecule has 120 valence electrons. The fourth-order valence-electron chi connectivity index (χ4n) is 2.64. The summed E-state index contributed by atoms with van der Waals surface area (Å²) in [5, 5.41) is 0. The molecule has 4 heteroatoms. The molecule has 3 rings (SSSR count). The molecule has 0 aliphatic rings. The smallest absolute Gasteiger partial charge is 0.259 e. The van der Waals surface area contributed by atoms with Crippen LogP contribution in [0, 0.1) is 12.7 Å². The highest BCUT2D eigenvalue weighted by molar-refractivity contribution is 6.08. The molecule has 3 aromatic rings. The molecule has 0 atom stereocenters. The van der Waals surface area contributed by atoms with Crippen molar-refractivity contribution in [1.82, 2.24) is 4.98 Å². The molecule has 1 aromatic heterocycles. The van der Waals surface area contributed by atoms with Crippen LogP contribution in [0.15, 0.2) is 66.9 Å². The quantitative estimate of drug-likeness (QED) is 0.713. The van der Waals surface area contributed by atoms with Gasteiger partial charge in [-0.2, -0.15) is 0 Å². The van der Waals surface area contributed by atoms with Crippen molar-refractivity contribution in [3.63, 3.8) is 0 Å². The van der Waals surface area contributed by atoms with Crippen LogP contribution in [0.2, 0.25) is 0 Å². The van der Waals surface area contributed by atoms with Gasteiger partial charge in [-0.15, -0.1) is 0 Å². The standard InChI is InChI=1S/C20H17FN2O/c1-14-17(7-5-13-22-14)20(24)23(2)19-8-4-3-6-18(19)15-9-11-16(21)12-10-15/h3-13H,1-2H3. The van der Waals surface area contributed by atoms with E-state index >= 15 is 0 Å². The van der Waals surface area contributed by atoms with E-state index in [0.717, 1.165) is 16.8 Å². The Morgan fingerprint density at radius 2 is 1.71 bits per heavy atom. The fourth-order valence-corrected chi connectivity index (χ4v) is 2.64. The average molecular weight is 320 g/mol. The van der Waals surface area contributed by atoms with E-state index in [9.17, 15) is 9.18 Å². The summed E-state index contributed by atoms with van der Waals surface area (Å²) in [6, 6.07) is 17.3. The van der Waals surface area contributed by atoms with Crippen molar-refractivity contribution >= 4 is 11.6 Å². The Balaban J connectivity index is 2.02. The van der Waals surface area contributed by atoms with E-state index < -0.39 is 0 Å². The first-order chi connectivity index (χ1) is 11.6. The minimum Gasteiger partial charge on any atom is -0.311 e. The van der Waals surface area contributed by atoms with E-state index in [0.29, 0.717) is 11.3 Å². The van der Waals surface area contributed by atoms with Crippen LogP contribution in [0.1, 0.15) is 16.1 Å². The summed E-state index contributed by atoms with van der Waals surface area (Å²) in [5.41, 5.74) is 3.74. The third kappa shape index (κ3) is 3.04. The maximum absolute atomic E-state index is 13.2. The number of amides is 1. The Morgan fingerprint density at radius 1 is 1.00 bits per heavy atom. The topological polar surface area (TPSA) is 33.2 Å². The van der Waals surface area contributed by atoms with Gasteiger partial charge in [-0.1, -0.05) is 30.3 Å². The number of anilines is 1. The van der Waals surface area contributed by atoms with Gasteiger partial charge in [0.05, 0.1) is 11.3 Å². The number of halogens is 1. The number of aromatic nitrogens is 1. The van der Waals surface area contributed by atoms with Gasteiger partial charge in [-0.25, -0.2) is 4.39 Å². The Labute approximate surface area is 140 Å². The van der Waals surface area contributed by atoms with Crippen molar-refractivity contribution in [2.45, 2.75) is 6.92 Å². The van der Waals surface area contributed by atoms with E-state index in [1.165, 1.54) is 12.1 Å². The van der Waals surface area contributed by atoms with Crippen molar-refractivity contribution < 1.29 is 9.18 Å². The van der Waals surface area contributed by atoms with E-state index in [1.807, 2.05) is 31.2 Å². The zero-order chi connectivity index (χ0) is 17.1. The zero-order valence-corrected chi connectivity index (χ0v) is 13.5. The van der Waals surface area contributed by atoms with Gasteiger partial charge in [-0.05, 0) is 42.8 Å². The fraction of sp³-hybridized carbons (Fsp3) is 0.100. The largest absolute Gasteiger partial charge is 0.311 e. The summed E-state index contributed by atoms with van der Waals surface area (Å²) >= 11 is 0. The molecule has 0 aliphatic heterocycles. The second-order valence-electron chi connectivity index (χ2n) is 5.52. The first kappa shape index (κ1) is 15.9. The highest BCUT2D eigenvalue weighted by Gasteiger charge is 2.18. The molecular weight excluding hydrogens is 303 g/mol. The van der Waals surface area contributed by atoms with Crippen molar-refractivity contribution in [2.24, 2.45) is 0 Å². The lowest BCUT2D eigenvalue weighted by atomic mass is 10.0. The van der Waals surface area contributed by atoms with E-state index in [4.69, 9.17) is 0 Å². The van der Waals surface area contributed by atoms with Crippen LogP contribution in [0.4, 0.5) is 10.1 Å². The molecule has 0 unspecified atom stereocenters. The Morgan fingerprint density at radius 3 is 2.42 bits per heavy atom. The normalized spacial score (nSPS) is 10.5. The number of hydrogen-bond acceptors (Lipinski definition) is 2. The number of carbonyl (C=O) groups is 1. The van der Waals surface area contributed by atoms with Crippen molar-refractivity contribution in [1.29, 1.82) is 0 Å². The van der Waals surface area contributed by atoms with Gasteiger partial charge >= 0.3 is 0 Å². The Kier molecular flexibility index (Phi) is 4.38. The van der Waals surface area contributed by atoms with Gasteiger partial charge in [0.2, 0.25) is 0 Å². The molecule has 3 nitrogen and oxygen atoms in total. The summed E-state index contributed by atoms with van der Waals surface area (Å²) in [7, 11) is 1.73. The van der Waals surface area contributed by atoms with Crippen LogP contribution in [0.5, 0.6) is 0 Å². The van der Waals surface area contributed by atoms with Crippen LogP contribution in [-0.2, 0) is 0 Å². The van der Waals surface area contributed by atoms with Crippen LogP contribution in [-0.4, -0.2) is 17.9 Å². The van der Waals surface area contributed by atoms with Crippen LogP contribution in [0.3, 0.4) is 0 Å². The molecule has 1 amide bonds. The number of aryl methyl sites for hydroxylation is 1. The lowest BCUT2D eigenvalue weighted by Gasteiger charge is -2.21. The molecule has 1 heterocycles. The summed E-state index contributed by atoms with van der Waals surface area (Å²) in [6.07, 6.45) is 1.67. The van der Waals surface area contributed by atoms with Gasteiger partial charge in [-0.3, -0.25) is 9.78 Å². The predicted molar refractivity (Wildman–Crippen MR) is 93.5 cm³/mol. The van der Waals surface area contributed by atoms with Crippen LogP contribution < -0.4 is 4.90 Å². The van der Waals surface area contributed by atoms with Gasteiger partial charge < -0.3 is 4.90 Å². The molecule has 24 heavy (non-hydrogen) atoms. The summed E-state index contributed by atoms with van der Waals surface area (Å²) in [5.74, 6) is -0.415. The van der Waals surface area contributed by atoms with Crippen molar-refractivity contribution in [3.05, 3.63) is 83.9 Å². The predicted octanol–water partition coefficient (Wildman–Crippen LogP) is 4.47. The number of carbonyl (C=O) groups excluding carboxylic acids is 1. The molecule has 2 aromatic carbocycles. The number of para-hydroxylation sites is 1. The molecule has 0 spiro atoms. The second-order valence-corrected chi connectivity index (χ2v) is 5.52. The first-order valence-corrected chi connectivity index (χ1v) is 7.62. The number of hydrogen-bond donors (Lipinski definition) is 0. The molecule has 0 N–H and O–H groups in total. The maximum atomic E-state index is 13.2. The lowest BCUT2D eigenvalue weighted by Crippen LogP contribution is -2.27. The van der Waals surface area contributed by atoms with E-state index in [2.05, 4.69) is 4.98 Å². The van der Waals surface area contributed by atoms with Gasteiger partial charge in [0, 0.05) is 24.5 Å². The number of benzene rings is 2. The Hall–Kier alpha value is -3.01. The average Bonchev–Trinajstić information content (AvgIpc) is 2.62. The number of nitrogens with zero attached hydrogens (tertiary/aromatic N) is 2. The van der Waals surface area contributed by atoms with Gasteiger partial charge in [0.1, 0.15) is 5.82 Å². The molecule has 0 saturated carbocycles. The minimum atomic E-state index is -0.286. The Bertz CT molecular complexity index is 875. The summed E-state index contributed by atoms with van der Waals surface area (Å²) in [6.45, 7) is 1.81. The molecule has 0 radical (unpaired) electrons. The zero-order valence-electron chi connectivity index (χ0n) is 13.5. The molecule has 0 fully saturated rings. The third-order valence-corrected chi connectivity index (χ3v) is 3.96. The second kappa shape index (κ2) is 6.62. The molecular formula is C20H17FN2O. The monoisotopic (exact) mass is 320 g/mol. The SMILES string of the molecule is Cc1ncccc1C(=O)N(C)c1ccccc1-c1ccc(F)cc1. The van der Waals surface area contributed by atoms with Crippen molar-refractivity contribution in [2.75, 3.05) is 11.9 Å². The van der Waals surface area contributed by atoms with Crippen LogP contribution in [0.25, 0.3) is 11.1 Å². The number of rotatable bonds is 3. The van der Waals surface area contributed by atoms with Crippen molar-refractivity contribution in [3.8, 4) is 11.1 Å². The molecule has 0 aliphatic carbocycles. The summed E-state index contributed by atoms with van der Waals surface area (Å²) < 4.78 is 13.2. The van der Waals surface area contributed by atoms with Crippen LogP contribution >= 0.6 is 0 Å². The van der Waals surface area contributed by atoms with E-state index in [-0.39, 0.29) is 11.7 Å². The first-order valence-electron chi connectivity index (χ1n) is 7.62. The lowest BCUT2D eigenvalue weighted by molar-refractivity contribution is 0.0992. The highest BCUT2D eigenvalue weighted by Crippen LogP contribution is 2.31. The summed E-state index contributed by atoms with van der Waals surface area (Å²) in [4.78, 5) is 18.6. The number of pyridine rings is 1. The third-order valence-electron chi connectivity index (χ3n) is 3.96. The molecule has 0 bridgehead atoms. The van der Waals surface area contributed by atoms with Gasteiger partial charge in [0.25, 0.3) is 5.91 Å². The highest BCUT2D eigenvalue weighted by atomic mass is 19.1.